The van der Waals surface area contributed by atoms with Gasteiger partial charge in [0.2, 0.25) is 0 Å². The van der Waals surface area contributed by atoms with Gasteiger partial charge in [0.15, 0.2) is 0 Å². The molecule has 1 aliphatic carbocycles. The van der Waals surface area contributed by atoms with E-state index in [1.54, 1.807) is 0 Å². The molecular formula is C15H30N2O. The predicted octanol–water partition coefficient (Wildman–Crippen LogP) is 2.41. The summed E-state index contributed by atoms with van der Waals surface area (Å²) >= 11 is 0. The molecule has 1 heterocycles. The van der Waals surface area contributed by atoms with Crippen LogP contribution in [0.1, 0.15) is 52.4 Å². The summed E-state index contributed by atoms with van der Waals surface area (Å²) in [6, 6.07) is 0.586. The Hall–Kier alpha value is -0.120. The zero-order valence-corrected chi connectivity index (χ0v) is 12.4. The summed E-state index contributed by atoms with van der Waals surface area (Å²) in [4.78, 5) is 2.41. The molecular weight excluding hydrogens is 224 g/mol. The van der Waals surface area contributed by atoms with Crippen LogP contribution >= 0.6 is 0 Å². The molecule has 2 aliphatic rings. The molecule has 1 aliphatic heterocycles. The second-order valence-corrected chi connectivity index (χ2v) is 6.54. The Morgan fingerprint density at radius 2 is 2.00 bits per heavy atom. The van der Waals surface area contributed by atoms with E-state index in [4.69, 9.17) is 4.74 Å². The van der Waals surface area contributed by atoms with Gasteiger partial charge in [0.1, 0.15) is 0 Å². The van der Waals surface area contributed by atoms with Crippen LogP contribution in [-0.4, -0.2) is 49.3 Å². The van der Waals surface area contributed by atoms with Crippen molar-refractivity contribution in [1.29, 1.82) is 0 Å². The molecule has 2 fully saturated rings. The summed E-state index contributed by atoms with van der Waals surface area (Å²) in [6.45, 7) is 7.69. The first-order valence-electron chi connectivity index (χ1n) is 7.69. The first-order valence-corrected chi connectivity index (χ1v) is 7.69. The van der Waals surface area contributed by atoms with Gasteiger partial charge in [0, 0.05) is 25.7 Å². The molecule has 0 radical (unpaired) electrons. The molecule has 1 atom stereocenters. The van der Waals surface area contributed by atoms with Crippen molar-refractivity contribution < 1.29 is 4.74 Å². The lowest BCUT2D eigenvalue weighted by Gasteiger charge is -2.26. The van der Waals surface area contributed by atoms with Gasteiger partial charge in [-0.3, -0.25) is 0 Å². The van der Waals surface area contributed by atoms with Crippen LogP contribution < -0.4 is 5.32 Å². The highest BCUT2D eigenvalue weighted by Crippen LogP contribution is 2.43. The predicted molar refractivity (Wildman–Crippen MR) is 75.9 cm³/mol. The Balaban J connectivity index is 1.64. The fraction of sp³-hybridized carbons (Fsp3) is 1.00. The standard InChI is InChI=1S/C15H30N2O/c1-13(2)16-10-11-17(3)12-14-6-9-15(18-14)7-4-5-8-15/h13-14,16H,4-12H2,1-3H3. The van der Waals surface area contributed by atoms with Crippen LogP contribution in [0.25, 0.3) is 0 Å². The van der Waals surface area contributed by atoms with Crippen molar-refractivity contribution in [1.82, 2.24) is 10.2 Å². The Labute approximate surface area is 112 Å². The molecule has 1 unspecified atom stereocenters. The normalized spacial score (nSPS) is 26.8. The number of ether oxygens (including phenoxy) is 1. The largest absolute Gasteiger partial charge is 0.370 e. The van der Waals surface area contributed by atoms with Crippen molar-refractivity contribution in [3.63, 3.8) is 0 Å². The van der Waals surface area contributed by atoms with Crippen LogP contribution in [0.4, 0.5) is 0 Å². The van der Waals surface area contributed by atoms with Gasteiger partial charge < -0.3 is 15.0 Å². The van der Waals surface area contributed by atoms with Crippen molar-refractivity contribution in [2.45, 2.75) is 70.1 Å². The summed E-state index contributed by atoms with van der Waals surface area (Å²) in [6.07, 6.45) is 8.41. The maximum Gasteiger partial charge on any atom is 0.0710 e. The summed E-state index contributed by atoms with van der Waals surface area (Å²) in [7, 11) is 2.21. The van der Waals surface area contributed by atoms with E-state index in [0.717, 1.165) is 19.6 Å². The van der Waals surface area contributed by atoms with Crippen LogP contribution in [0.15, 0.2) is 0 Å². The second kappa shape index (κ2) is 6.36. The van der Waals surface area contributed by atoms with Crippen molar-refractivity contribution in [2.24, 2.45) is 0 Å². The molecule has 3 heteroatoms. The number of hydrogen-bond donors (Lipinski definition) is 1. The molecule has 0 aromatic rings. The number of rotatable bonds is 6. The highest BCUT2D eigenvalue weighted by Gasteiger charge is 2.42. The molecule has 0 amide bonds. The Kier molecular flexibility index (Phi) is 5.05. The molecule has 3 nitrogen and oxygen atoms in total. The van der Waals surface area contributed by atoms with Crippen LogP contribution in [0, 0.1) is 0 Å². The minimum atomic E-state index is 0.293. The van der Waals surface area contributed by atoms with Gasteiger partial charge in [-0.05, 0) is 32.7 Å². The Bertz CT molecular complexity index is 249. The Morgan fingerprint density at radius 3 is 2.67 bits per heavy atom. The molecule has 0 bridgehead atoms. The molecule has 1 N–H and O–H groups in total. The lowest BCUT2D eigenvalue weighted by Crippen LogP contribution is -2.37. The lowest BCUT2D eigenvalue weighted by atomic mass is 9.98. The minimum Gasteiger partial charge on any atom is -0.370 e. The summed E-state index contributed by atoms with van der Waals surface area (Å²) < 4.78 is 6.35. The average molecular weight is 254 g/mol. The quantitative estimate of drug-likeness (QED) is 0.788. The van der Waals surface area contributed by atoms with Gasteiger partial charge in [-0.1, -0.05) is 26.7 Å². The highest BCUT2D eigenvalue weighted by atomic mass is 16.5. The SMILES string of the molecule is CC(C)NCCN(C)CC1CCC2(CCCC2)O1. The fourth-order valence-corrected chi connectivity index (χ4v) is 3.39. The second-order valence-electron chi connectivity index (χ2n) is 6.54. The van der Waals surface area contributed by atoms with E-state index < -0.39 is 0 Å². The molecule has 1 saturated carbocycles. The van der Waals surface area contributed by atoms with E-state index in [-0.39, 0.29) is 0 Å². The summed E-state index contributed by atoms with van der Waals surface area (Å²) in [5, 5.41) is 3.47. The topological polar surface area (TPSA) is 24.5 Å². The summed E-state index contributed by atoms with van der Waals surface area (Å²) in [5.41, 5.74) is 0.293. The van der Waals surface area contributed by atoms with Crippen molar-refractivity contribution in [3.05, 3.63) is 0 Å². The van der Waals surface area contributed by atoms with Gasteiger partial charge >= 0.3 is 0 Å². The first-order chi connectivity index (χ1) is 8.60. The van der Waals surface area contributed by atoms with Crippen molar-refractivity contribution >= 4 is 0 Å². The molecule has 0 aromatic heterocycles. The highest BCUT2D eigenvalue weighted by molar-refractivity contribution is 4.93. The van der Waals surface area contributed by atoms with E-state index in [1.807, 2.05) is 0 Å². The molecule has 1 saturated heterocycles. The van der Waals surface area contributed by atoms with Gasteiger partial charge in [-0.25, -0.2) is 0 Å². The molecule has 1 spiro atoms. The van der Waals surface area contributed by atoms with E-state index in [1.165, 1.54) is 38.5 Å². The van der Waals surface area contributed by atoms with Crippen LogP contribution in [0.5, 0.6) is 0 Å². The van der Waals surface area contributed by atoms with Crippen molar-refractivity contribution in [2.75, 3.05) is 26.7 Å². The van der Waals surface area contributed by atoms with Crippen LogP contribution in [-0.2, 0) is 4.74 Å². The smallest absolute Gasteiger partial charge is 0.0710 e. The number of nitrogens with one attached hydrogen (secondary N) is 1. The van der Waals surface area contributed by atoms with Gasteiger partial charge in [-0.15, -0.1) is 0 Å². The molecule has 106 valence electrons. The zero-order chi connectivity index (χ0) is 13.0. The Morgan fingerprint density at radius 1 is 1.28 bits per heavy atom. The fourth-order valence-electron chi connectivity index (χ4n) is 3.39. The monoisotopic (exact) mass is 254 g/mol. The number of likely N-dealkylation sites (N-methyl/N-ethyl adjacent to an activating group) is 1. The van der Waals surface area contributed by atoms with E-state index in [0.29, 0.717) is 17.7 Å². The third-order valence-electron chi connectivity index (χ3n) is 4.41. The molecule has 18 heavy (non-hydrogen) atoms. The van der Waals surface area contributed by atoms with E-state index in [9.17, 15) is 0 Å². The first kappa shape index (κ1) is 14.3. The third kappa shape index (κ3) is 3.94. The van der Waals surface area contributed by atoms with Crippen LogP contribution in [0.3, 0.4) is 0 Å². The summed E-state index contributed by atoms with van der Waals surface area (Å²) in [5.74, 6) is 0. The van der Waals surface area contributed by atoms with Gasteiger partial charge in [-0.2, -0.15) is 0 Å². The van der Waals surface area contributed by atoms with Crippen LogP contribution in [0.2, 0.25) is 0 Å². The van der Waals surface area contributed by atoms with Gasteiger partial charge in [0.25, 0.3) is 0 Å². The maximum absolute atomic E-state index is 6.35. The minimum absolute atomic E-state index is 0.293. The molecule has 2 rings (SSSR count). The maximum atomic E-state index is 6.35. The number of nitrogens with zero attached hydrogens (tertiary/aromatic N) is 1. The van der Waals surface area contributed by atoms with E-state index >= 15 is 0 Å². The van der Waals surface area contributed by atoms with Gasteiger partial charge in [0.05, 0.1) is 11.7 Å². The lowest BCUT2D eigenvalue weighted by molar-refractivity contribution is -0.0449. The zero-order valence-electron chi connectivity index (χ0n) is 12.4. The number of hydrogen-bond acceptors (Lipinski definition) is 3. The molecule has 0 aromatic carbocycles. The average Bonchev–Trinajstić information content (AvgIpc) is 2.90. The van der Waals surface area contributed by atoms with E-state index in [2.05, 4.69) is 31.1 Å². The van der Waals surface area contributed by atoms with Crippen molar-refractivity contribution in [3.8, 4) is 0 Å². The third-order valence-corrected chi connectivity index (χ3v) is 4.41.